The minimum atomic E-state index is 0.232. The molecule has 0 heterocycles. The first-order valence-electron chi connectivity index (χ1n) is 8.09. The molecule has 0 unspecified atom stereocenters. The van der Waals surface area contributed by atoms with Crippen molar-refractivity contribution in [3.63, 3.8) is 0 Å². The van der Waals surface area contributed by atoms with Crippen molar-refractivity contribution in [3.05, 3.63) is 47.1 Å². The lowest BCUT2D eigenvalue weighted by molar-refractivity contribution is -0.114. The van der Waals surface area contributed by atoms with Crippen molar-refractivity contribution in [1.29, 1.82) is 0 Å². The van der Waals surface area contributed by atoms with E-state index in [1.165, 1.54) is 11.1 Å². The zero-order valence-electron chi connectivity index (χ0n) is 14.3. The fourth-order valence-electron chi connectivity index (χ4n) is 2.58. The number of carbonyl (C=O) groups is 1. The van der Waals surface area contributed by atoms with E-state index in [2.05, 4.69) is 52.0 Å². The summed E-state index contributed by atoms with van der Waals surface area (Å²) in [5.74, 6) is 1.44. The Bertz CT molecular complexity index is 472. The average molecular weight is 286 g/mol. The SMILES string of the molecule is C/C1=C/C/C=C(\C)C=C[C@H](C(C)C)CC/C(C)=C/C(=O)C1. The van der Waals surface area contributed by atoms with Crippen LogP contribution >= 0.6 is 0 Å². The molecule has 1 heteroatoms. The summed E-state index contributed by atoms with van der Waals surface area (Å²) in [6, 6.07) is 0. The largest absolute Gasteiger partial charge is 0.295 e. The van der Waals surface area contributed by atoms with Crippen LogP contribution < -0.4 is 0 Å². The molecule has 0 aliphatic heterocycles. The summed E-state index contributed by atoms with van der Waals surface area (Å²) in [6.07, 6.45) is 14.4. The second kappa shape index (κ2) is 8.81. The third-order valence-corrected chi connectivity index (χ3v) is 4.10. The minimum absolute atomic E-state index is 0.232. The molecule has 0 aromatic heterocycles. The molecule has 0 saturated carbocycles. The van der Waals surface area contributed by atoms with E-state index >= 15 is 0 Å². The van der Waals surface area contributed by atoms with Gasteiger partial charge in [0.15, 0.2) is 5.78 Å². The summed E-state index contributed by atoms with van der Waals surface area (Å²) < 4.78 is 0. The lowest BCUT2D eigenvalue weighted by Crippen LogP contribution is -2.06. The minimum Gasteiger partial charge on any atom is -0.295 e. The summed E-state index contributed by atoms with van der Waals surface area (Å²) >= 11 is 0. The molecular formula is C20H30O. The highest BCUT2D eigenvalue weighted by Gasteiger charge is 2.10. The van der Waals surface area contributed by atoms with Crippen molar-refractivity contribution in [2.24, 2.45) is 11.8 Å². The van der Waals surface area contributed by atoms with E-state index < -0.39 is 0 Å². The third kappa shape index (κ3) is 7.27. The average Bonchev–Trinajstić information content (AvgIpc) is 2.36. The van der Waals surface area contributed by atoms with Crippen LogP contribution in [0.15, 0.2) is 47.1 Å². The summed E-state index contributed by atoms with van der Waals surface area (Å²) in [4.78, 5) is 12.0. The monoisotopic (exact) mass is 286 g/mol. The fourth-order valence-corrected chi connectivity index (χ4v) is 2.58. The lowest BCUT2D eigenvalue weighted by atomic mass is 9.88. The molecule has 0 radical (unpaired) electrons. The molecule has 0 amide bonds. The van der Waals surface area contributed by atoms with Crippen molar-refractivity contribution in [1.82, 2.24) is 0 Å². The van der Waals surface area contributed by atoms with Crippen LogP contribution in [0.2, 0.25) is 0 Å². The molecule has 0 aromatic rings. The Kier molecular flexibility index (Phi) is 7.42. The van der Waals surface area contributed by atoms with Crippen molar-refractivity contribution in [2.45, 2.75) is 60.3 Å². The molecule has 0 N–H and O–H groups in total. The van der Waals surface area contributed by atoms with E-state index in [4.69, 9.17) is 0 Å². The molecule has 1 aliphatic rings. The van der Waals surface area contributed by atoms with Gasteiger partial charge in [0.05, 0.1) is 0 Å². The number of carbonyl (C=O) groups excluding carboxylic acids is 1. The number of ketones is 1. The topological polar surface area (TPSA) is 17.1 Å². The van der Waals surface area contributed by atoms with Crippen LogP contribution in [0.1, 0.15) is 60.3 Å². The quantitative estimate of drug-likeness (QED) is 0.557. The first kappa shape index (κ1) is 17.7. The standard InChI is InChI=1S/C20H30O/c1-15(2)19-11-9-16(3)7-6-8-17(4)13-20(21)14-18(5)10-12-19/h7-9,11,14-15,19H,6,10,12-13H2,1-5H3/b11-9?,16-7+,17-8-,18-14+/t19-/m0/s1. The molecular weight excluding hydrogens is 256 g/mol. The molecule has 1 nitrogen and oxygen atoms in total. The molecule has 0 aromatic carbocycles. The van der Waals surface area contributed by atoms with Crippen LogP contribution in [-0.2, 0) is 4.79 Å². The molecule has 21 heavy (non-hydrogen) atoms. The zero-order chi connectivity index (χ0) is 15.8. The summed E-state index contributed by atoms with van der Waals surface area (Å²) in [5, 5.41) is 0. The van der Waals surface area contributed by atoms with E-state index in [0.29, 0.717) is 18.3 Å². The van der Waals surface area contributed by atoms with E-state index in [-0.39, 0.29) is 5.78 Å². The second-order valence-electron chi connectivity index (χ2n) is 6.67. The molecule has 116 valence electrons. The predicted molar refractivity (Wildman–Crippen MR) is 92.2 cm³/mol. The van der Waals surface area contributed by atoms with Gasteiger partial charge in [0.2, 0.25) is 0 Å². The first-order valence-corrected chi connectivity index (χ1v) is 8.09. The molecule has 1 atom stereocenters. The molecule has 0 spiro atoms. The van der Waals surface area contributed by atoms with Gasteiger partial charge in [0.1, 0.15) is 0 Å². The highest BCUT2D eigenvalue weighted by atomic mass is 16.1. The third-order valence-electron chi connectivity index (χ3n) is 4.10. The molecule has 1 aliphatic carbocycles. The Hall–Kier alpha value is -1.37. The normalized spacial score (nSPS) is 29.9. The summed E-state index contributed by atoms with van der Waals surface area (Å²) in [6.45, 7) is 10.8. The van der Waals surface area contributed by atoms with Gasteiger partial charge in [-0.05, 0) is 57.9 Å². The van der Waals surface area contributed by atoms with Gasteiger partial charge in [0.25, 0.3) is 0 Å². The van der Waals surface area contributed by atoms with Gasteiger partial charge in [-0.15, -0.1) is 0 Å². The fraction of sp³-hybridized carbons (Fsp3) is 0.550. The predicted octanol–water partition coefficient (Wildman–Crippen LogP) is 5.80. The van der Waals surface area contributed by atoms with E-state index in [9.17, 15) is 4.79 Å². The highest BCUT2D eigenvalue weighted by molar-refractivity contribution is 5.91. The number of allylic oxidation sites excluding steroid dienone is 8. The van der Waals surface area contributed by atoms with Gasteiger partial charge in [-0.25, -0.2) is 0 Å². The Morgan fingerprint density at radius 2 is 1.81 bits per heavy atom. The summed E-state index contributed by atoms with van der Waals surface area (Å²) in [7, 11) is 0. The number of hydrogen-bond acceptors (Lipinski definition) is 1. The Labute approximate surface area is 130 Å². The van der Waals surface area contributed by atoms with Crippen molar-refractivity contribution in [2.75, 3.05) is 0 Å². The van der Waals surface area contributed by atoms with Crippen molar-refractivity contribution in [3.8, 4) is 0 Å². The van der Waals surface area contributed by atoms with Gasteiger partial charge in [-0.1, -0.05) is 54.9 Å². The molecule has 0 bridgehead atoms. The smallest absolute Gasteiger partial charge is 0.159 e. The lowest BCUT2D eigenvalue weighted by Gasteiger charge is -2.17. The van der Waals surface area contributed by atoms with Crippen LogP contribution in [0.4, 0.5) is 0 Å². The molecule has 0 saturated heterocycles. The molecule has 1 rings (SSSR count). The van der Waals surface area contributed by atoms with Gasteiger partial charge in [-0.2, -0.15) is 0 Å². The van der Waals surface area contributed by atoms with Gasteiger partial charge in [0, 0.05) is 6.42 Å². The van der Waals surface area contributed by atoms with Crippen molar-refractivity contribution < 1.29 is 4.79 Å². The van der Waals surface area contributed by atoms with E-state index in [1.54, 1.807) is 0 Å². The van der Waals surface area contributed by atoms with Crippen LogP contribution in [0.3, 0.4) is 0 Å². The Balaban J connectivity index is 2.96. The van der Waals surface area contributed by atoms with Crippen LogP contribution in [0.5, 0.6) is 0 Å². The second-order valence-corrected chi connectivity index (χ2v) is 6.67. The number of rotatable bonds is 1. The van der Waals surface area contributed by atoms with Crippen LogP contribution in [0, 0.1) is 11.8 Å². The maximum Gasteiger partial charge on any atom is 0.159 e. The zero-order valence-corrected chi connectivity index (χ0v) is 14.3. The van der Waals surface area contributed by atoms with Crippen LogP contribution in [-0.4, -0.2) is 5.78 Å². The highest BCUT2D eigenvalue weighted by Crippen LogP contribution is 2.22. The van der Waals surface area contributed by atoms with Gasteiger partial charge >= 0.3 is 0 Å². The molecule has 0 fully saturated rings. The number of hydrogen-bond donors (Lipinski definition) is 0. The van der Waals surface area contributed by atoms with E-state index in [0.717, 1.165) is 24.8 Å². The Morgan fingerprint density at radius 1 is 1.10 bits per heavy atom. The van der Waals surface area contributed by atoms with Crippen molar-refractivity contribution >= 4 is 5.78 Å². The summed E-state index contributed by atoms with van der Waals surface area (Å²) in [5.41, 5.74) is 3.67. The maximum absolute atomic E-state index is 12.0. The van der Waals surface area contributed by atoms with E-state index in [1.807, 2.05) is 13.0 Å². The Morgan fingerprint density at radius 3 is 2.48 bits per heavy atom. The van der Waals surface area contributed by atoms with Crippen LogP contribution in [0.25, 0.3) is 0 Å². The van der Waals surface area contributed by atoms with Gasteiger partial charge < -0.3 is 0 Å². The first-order chi connectivity index (χ1) is 9.88. The maximum atomic E-state index is 12.0. The van der Waals surface area contributed by atoms with Gasteiger partial charge in [-0.3, -0.25) is 4.79 Å².